The highest BCUT2D eigenvalue weighted by molar-refractivity contribution is 7.88. The number of sulfonamides is 1. The van der Waals surface area contributed by atoms with E-state index in [2.05, 4.69) is 5.14 Å². The fourth-order valence-corrected chi connectivity index (χ4v) is 0. The maximum absolute atomic E-state index is 9.41. The molecule has 2 N–H and O–H groups in total. The zero-order chi connectivity index (χ0) is 4.50. The molecule has 0 fully saturated rings. The first-order valence-electron chi connectivity index (χ1n) is 0.977. The fourth-order valence-electron chi connectivity index (χ4n) is 0. The van der Waals surface area contributed by atoms with Crippen LogP contribution >= 0.6 is 0 Å². The molecule has 0 heterocycles. The lowest BCUT2D eigenvalue weighted by atomic mass is 12.0. The van der Waals surface area contributed by atoms with Gasteiger partial charge < -0.3 is 0 Å². The lowest BCUT2D eigenvalue weighted by Gasteiger charge is -1.71. The molecule has 3 nitrogen and oxygen atoms in total. The van der Waals surface area contributed by atoms with E-state index >= 15 is 0 Å². The second-order valence-corrected chi connectivity index (χ2v) is 2.49. The summed E-state index contributed by atoms with van der Waals surface area (Å²) >= 11 is 0. The minimum absolute atomic E-state index is 0. The van der Waals surface area contributed by atoms with Crippen LogP contribution in [0.3, 0.4) is 0 Å². The summed E-state index contributed by atoms with van der Waals surface area (Å²) in [5.74, 6) is 0. The first kappa shape index (κ1) is 9.84. The van der Waals surface area contributed by atoms with Gasteiger partial charge in [-0.15, -0.1) is 0 Å². The minimum atomic E-state index is -3.17. The standard InChI is InChI=1S/CH5NO2S.Mg.2H/c1-5(2,3)4;;;/h1H3,(H2,2,3,4);;;. The van der Waals surface area contributed by atoms with Crippen LogP contribution < -0.4 is 5.14 Å². The molecule has 0 unspecified atom stereocenters. The van der Waals surface area contributed by atoms with Crippen molar-refractivity contribution in [2.24, 2.45) is 5.14 Å². The summed E-state index contributed by atoms with van der Waals surface area (Å²) in [5.41, 5.74) is 0. The molecule has 0 spiro atoms. The molecule has 0 rings (SSSR count). The predicted molar refractivity (Wildman–Crippen MR) is 27.6 cm³/mol. The van der Waals surface area contributed by atoms with Gasteiger partial charge in [0.2, 0.25) is 10.0 Å². The van der Waals surface area contributed by atoms with Gasteiger partial charge in [0.15, 0.2) is 0 Å². The van der Waals surface area contributed by atoms with E-state index in [1.165, 1.54) is 0 Å². The number of primary sulfonamides is 1. The van der Waals surface area contributed by atoms with Crippen LogP contribution in [-0.4, -0.2) is 37.7 Å². The maximum Gasteiger partial charge on any atom is 0.316 e. The van der Waals surface area contributed by atoms with E-state index in [1.54, 1.807) is 0 Å². The molecule has 0 aliphatic carbocycles. The van der Waals surface area contributed by atoms with Gasteiger partial charge >= 0.3 is 23.1 Å². The monoisotopic (exact) mass is 121 g/mol. The largest absolute Gasteiger partial charge is 0.316 e. The highest BCUT2D eigenvalue weighted by atomic mass is 32.2. The maximum atomic E-state index is 9.41. The van der Waals surface area contributed by atoms with Gasteiger partial charge in [0.25, 0.3) is 0 Å². The molecule has 0 radical (unpaired) electrons. The van der Waals surface area contributed by atoms with Crippen LogP contribution in [0, 0.1) is 0 Å². The van der Waals surface area contributed by atoms with Crippen molar-refractivity contribution in [3.05, 3.63) is 0 Å². The van der Waals surface area contributed by atoms with Crippen molar-refractivity contribution in [3.8, 4) is 0 Å². The quantitative estimate of drug-likeness (QED) is 0.377. The normalized spacial score (nSPS) is 9.67. The van der Waals surface area contributed by atoms with E-state index in [0.717, 1.165) is 6.26 Å². The molecule has 0 atom stereocenters. The van der Waals surface area contributed by atoms with Gasteiger partial charge in [0.1, 0.15) is 0 Å². The van der Waals surface area contributed by atoms with Crippen molar-refractivity contribution in [3.63, 3.8) is 0 Å². The van der Waals surface area contributed by atoms with Crippen LogP contribution in [-0.2, 0) is 10.0 Å². The number of hydrogen-bond acceptors (Lipinski definition) is 2. The van der Waals surface area contributed by atoms with Gasteiger partial charge in [-0.3, -0.25) is 0 Å². The number of hydrogen-bond donors (Lipinski definition) is 1. The zero-order valence-electron chi connectivity index (χ0n) is 2.80. The van der Waals surface area contributed by atoms with Crippen LogP contribution in [0.2, 0.25) is 0 Å². The van der Waals surface area contributed by atoms with Gasteiger partial charge in [0.05, 0.1) is 6.26 Å². The van der Waals surface area contributed by atoms with Gasteiger partial charge in [-0.25, -0.2) is 13.6 Å². The topological polar surface area (TPSA) is 60.2 Å². The summed E-state index contributed by atoms with van der Waals surface area (Å²) in [4.78, 5) is 0. The second kappa shape index (κ2) is 2.78. The van der Waals surface area contributed by atoms with Gasteiger partial charge in [-0.1, -0.05) is 0 Å². The minimum Gasteiger partial charge on any atom is -0.229 e. The molecular weight excluding hydrogens is 114 g/mol. The van der Waals surface area contributed by atoms with Crippen LogP contribution in [0.5, 0.6) is 0 Å². The summed E-state index contributed by atoms with van der Waals surface area (Å²) < 4.78 is 18.8. The molecule has 6 heavy (non-hydrogen) atoms. The van der Waals surface area contributed by atoms with Crippen LogP contribution in [0.1, 0.15) is 0 Å². The number of nitrogens with two attached hydrogens (primary N) is 1. The average molecular weight is 121 g/mol. The van der Waals surface area contributed by atoms with E-state index in [4.69, 9.17) is 0 Å². The van der Waals surface area contributed by atoms with Crippen molar-refractivity contribution < 1.29 is 8.42 Å². The third-order valence-corrected chi connectivity index (χ3v) is 0. The Hall–Kier alpha value is 0.676. The van der Waals surface area contributed by atoms with Crippen molar-refractivity contribution in [1.82, 2.24) is 0 Å². The Bertz CT molecular complexity index is 96.7. The third kappa shape index (κ3) is 138. The molecule has 0 aliphatic heterocycles. The Morgan fingerprint density at radius 3 is 1.50 bits per heavy atom. The molecule has 0 aromatic rings. The summed E-state index contributed by atoms with van der Waals surface area (Å²) in [6.45, 7) is 0. The molecule has 0 aromatic carbocycles. The number of rotatable bonds is 0. The molecule has 0 saturated carbocycles. The molecule has 0 aliphatic rings. The SMILES string of the molecule is CS(N)(=O)=O.[MgH2]. The molecule has 0 amide bonds. The summed E-state index contributed by atoms with van der Waals surface area (Å²) in [7, 11) is -3.17. The fraction of sp³-hybridized carbons (Fsp3) is 1.00. The summed E-state index contributed by atoms with van der Waals surface area (Å²) in [6, 6.07) is 0. The Morgan fingerprint density at radius 1 is 1.50 bits per heavy atom. The lowest BCUT2D eigenvalue weighted by molar-refractivity contribution is 0.603. The van der Waals surface area contributed by atoms with Crippen molar-refractivity contribution >= 4 is 33.1 Å². The molecular formula is CH7MgNO2S. The predicted octanol–water partition coefficient (Wildman–Crippen LogP) is -2.01. The first-order valence-corrected chi connectivity index (χ1v) is 2.93. The first-order chi connectivity index (χ1) is 2.00. The van der Waals surface area contributed by atoms with Crippen molar-refractivity contribution in [2.75, 3.05) is 6.26 Å². The van der Waals surface area contributed by atoms with E-state index < -0.39 is 10.0 Å². The Kier molecular flexibility index (Phi) is 4.57. The van der Waals surface area contributed by atoms with E-state index in [0.29, 0.717) is 0 Å². The van der Waals surface area contributed by atoms with Crippen molar-refractivity contribution in [2.45, 2.75) is 0 Å². The van der Waals surface area contributed by atoms with Crippen molar-refractivity contribution in [1.29, 1.82) is 0 Å². The Morgan fingerprint density at radius 2 is 1.50 bits per heavy atom. The van der Waals surface area contributed by atoms with Gasteiger partial charge in [0, 0.05) is 0 Å². The lowest BCUT2D eigenvalue weighted by Crippen LogP contribution is -2.07. The molecule has 0 aromatic heterocycles. The van der Waals surface area contributed by atoms with Gasteiger partial charge in [-0.2, -0.15) is 0 Å². The van der Waals surface area contributed by atoms with Crippen LogP contribution in [0.15, 0.2) is 0 Å². The summed E-state index contributed by atoms with van der Waals surface area (Å²) in [6.07, 6.45) is 0.938. The molecule has 5 heteroatoms. The molecule has 0 bridgehead atoms. The van der Waals surface area contributed by atoms with E-state index in [-0.39, 0.29) is 23.1 Å². The molecule has 0 saturated heterocycles. The summed E-state index contributed by atoms with van der Waals surface area (Å²) in [5, 5.41) is 4.33. The smallest absolute Gasteiger partial charge is 0.229 e. The Balaban J connectivity index is 0. The zero-order valence-corrected chi connectivity index (χ0v) is 3.62. The van der Waals surface area contributed by atoms with E-state index in [1.807, 2.05) is 0 Å². The van der Waals surface area contributed by atoms with E-state index in [9.17, 15) is 8.42 Å². The van der Waals surface area contributed by atoms with Crippen LogP contribution in [0.25, 0.3) is 0 Å². The van der Waals surface area contributed by atoms with Crippen LogP contribution in [0.4, 0.5) is 0 Å². The second-order valence-electron chi connectivity index (χ2n) is 0.830. The Labute approximate surface area is 53.1 Å². The third-order valence-electron chi connectivity index (χ3n) is 0. The van der Waals surface area contributed by atoms with Gasteiger partial charge in [-0.05, 0) is 0 Å². The highest BCUT2D eigenvalue weighted by Gasteiger charge is 1.78. The highest BCUT2D eigenvalue weighted by Crippen LogP contribution is 1.52. The average Bonchev–Trinajstić information content (AvgIpc) is 0.722. The molecule has 36 valence electrons.